The van der Waals surface area contributed by atoms with Crippen LogP contribution in [0.2, 0.25) is 0 Å². The van der Waals surface area contributed by atoms with Crippen LogP contribution in [0.1, 0.15) is 25.2 Å². The van der Waals surface area contributed by atoms with Crippen molar-refractivity contribution >= 4 is 12.1 Å². The number of rotatable bonds is 3. The van der Waals surface area contributed by atoms with Gasteiger partial charge in [0.05, 0.1) is 19.2 Å². The minimum atomic E-state index is -0.308. The Morgan fingerprint density at radius 2 is 2.09 bits per heavy atom. The summed E-state index contributed by atoms with van der Waals surface area (Å²) in [5.74, 6) is 1.07. The van der Waals surface area contributed by atoms with Gasteiger partial charge < -0.3 is 19.4 Å². The maximum Gasteiger partial charge on any atom is 0.407 e. The predicted molar refractivity (Wildman–Crippen MR) is 77.4 cm³/mol. The van der Waals surface area contributed by atoms with Crippen molar-refractivity contribution in [3.05, 3.63) is 5.89 Å². The average Bonchev–Trinajstić information content (AvgIpc) is 3.17. The van der Waals surface area contributed by atoms with E-state index in [0.29, 0.717) is 31.0 Å². The Bertz CT molecular complexity index is 542. The van der Waals surface area contributed by atoms with Crippen molar-refractivity contribution in [2.24, 2.45) is 5.92 Å². The van der Waals surface area contributed by atoms with Gasteiger partial charge in [0.2, 0.25) is 5.89 Å². The van der Waals surface area contributed by atoms with Crippen molar-refractivity contribution in [1.82, 2.24) is 20.4 Å². The molecular formula is C14H21N5O3. The Labute approximate surface area is 128 Å². The van der Waals surface area contributed by atoms with E-state index in [2.05, 4.69) is 25.3 Å². The van der Waals surface area contributed by atoms with Gasteiger partial charge in [-0.05, 0) is 25.8 Å². The van der Waals surface area contributed by atoms with Gasteiger partial charge in [0.15, 0.2) is 0 Å². The van der Waals surface area contributed by atoms with Crippen molar-refractivity contribution in [3.8, 4) is 0 Å². The zero-order chi connectivity index (χ0) is 14.9. The topological polar surface area (TPSA) is 83.7 Å². The molecule has 0 spiro atoms. The smallest absolute Gasteiger partial charge is 0.407 e. The molecule has 1 N–H and O–H groups in total. The Hall–Kier alpha value is -1.83. The zero-order valence-corrected chi connectivity index (χ0v) is 12.5. The number of alkyl carbamates (subject to hydrolysis) is 1. The molecule has 1 amide bonds. The molecule has 3 aliphatic heterocycles. The highest BCUT2D eigenvalue weighted by Gasteiger charge is 2.35. The molecule has 0 saturated carbocycles. The van der Waals surface area contributed by atoms with E-state index in [1.807, 2.05) is 0 Å². The van der Waals surface area contributed by atoms with Crippen LogP contribution in [0.5, 0.6) is 0 Å². The fraction of sp³-hybridized carbons (Fsp3) is 0.786. The summed E-state index contributed by atoms with van der Waals surface area (Å²) < 4.78 is 10.8. The Morgan fingerprint density at radius 1 is 1.23 bits per heavy atom. The van der Waals surface area contributed by atoms with Gasteiger partial charge in [-0.25, -0.2) is 4.79 Å². The van der Waals surface area contributed by atoms with Gasteiger partial charge in [-0.15, -0.1) is 5.10 Å². The number of hydrogen-bond acceptors (Lipinski definition) is 7. The SMILES string of the molecule is O=C1N[C@@H]2CN(Cc3nnc(N4CCCC4)o3)CC[C@H]2CO1. The number of nitrogens with one attached hydrogen (secondary N) is 1. The molecule has 0 radical (unpaired) electrons. The van der Waals surface area contributed by atoms with Gasteiger partial charge in [0.1, 0.15) is 0 Å². The van der Waals surface area contributed by atoms with E-state index in [1.165, 1.54) is 12.8 Å². The second-order valence-electron chi connectivity index (χ2n) is 6.31. The van der Waals surface area contributed by atoms with Gasteiger partial charge in [-0.1, -0.05) is 5.10 Å². The van der Waals surface area contributed by atoms with E-state index >= 15 is 0 Å². The zero-order valence-electron chi connectivity index (χ0n) is 12.5. The van der Waals surface area contributed by atoms with Crippen LogP contribution in [0.3, 0.4) is 0 Å². The van der Waals surface area contributed by atoms with E-state index in [1.54, 1.807) is 0 Å². The van der Waals surface area contributed by atoms with E-state index < -0.39 is 0 Å². The standard InChI is InChI=1S/C14H21N5O3/c20-14-15-11-7-18(6-3-10(11)9-21-14)8-12-16-17-13(22-12)19-4-1-2-5-19/h10-11H,1-9H2,(H,15,20)/t10-,11+/m0/s1. The van der Waals surface area contributed by atoms with Gasteiger partial charge in [0, 0.05) is 25.6 Å². The quantitative estimate of drug-likeness (QED) is 0.875. The van der Waals surface area contributed by atoms with Crippen LogP contribution in [0.15, 0.2) is 4.42 Å². The van der Waals surface area contributed by atoms with Crippen LogP contribution in [0.25, 0.3) is 0 Å². The number of carbonyl (C=O) groups excluding carboxylic acids is 1. The van der Waals surface area contributed by atoms with Gasteiger partial charge in [-0.3, -0.25) is 4.90 Å². The lowest BCUT2D eigenvalue weighted by molar-refractivity contribution is 0.0357. The lowest BCUT2D eigenvalue weighted by Gasteiger charge is -2.40. The summed E-state index contributed by atoms with van der Waals surface area (Å²) in [7, 11) is 0. The normalized spacial score (nSPS) is 29.1. The van der Waals surface area contributed by atoms with Crippen LogP contribution in [-0.2, 0) is 11.3 Å². The number of cyclic esters (lactones) is 1. The highest BCUT2D eigenvalue weighted by Crippen LogP contribution is 2.24. The molecule has 1 aromatic heterocycles. The van der Waals surface area contributed by atoms with Gasteiger partial charge >= 0.3 is 12.1 Å². The first-order valence-electron chi connectivity index (χ1n) is 8.01. The lowest BCUT2D eigenvalue weighted by atomic mass is 9.91. The molecule has 8 heteroatoms. The maximum atomic E-state index is 11.3. The van der Waals surface area contributed by atoms with Crippen LogP contribution < -0.4 is 10.2 Å². The van der Waals surface area contributed by atoms with E-state index in [9.17, 15) is 4.79 Å². The number of fused-ring (bicyclic) bond motifs is 1. The van der Waals surface area contributed by atoms with E-state index in [4.69, 9.17) is 9.15 Å². The maximum absolute atomic E-state index is 11.3. The average molecular weight is 307 g/mol. The molecule has 0 bridgehead atoms. The third-order valence-corrected chi connectivity index (χ3v) is 4.76. The fourth-order valence-electron chi connectivity index (χ4n) is 3.49. The van der Waals surface area contributed by atoms with Crippen molar-refractivity contribution in [1.29, 1.82) is 0 Å². The highest BCUT2D eigenvalue weighted by molar-refractivity contribution is 5.68. The fourth-order valence-corrected chi connectivity index (χ4v) is 3.49. The highest BCUT2D eigenvalue weighted by atomic mass is 16.6. The van der Waals surface area contributed by atoms with Gasteiger partial charge in [0.25, 0.3) is 0 Å². The summed E-state index contributed by atoms with van der Waals surface area (Å²) in [6.45, 7) is 4.94. The molecule has 22 heavy (non-hydrogen) atoms. The van der Waals surface area contributed by atoms with Crippen molar-refractivity contribution < 1.29 is 13.9 Å². The van der Waals surface area contributed by atoms with Crippen molar-refractivity contribution in [2.45, 2.75) is 31.8 Å². The summed E-state index contributed by atoms with van der Waals surface area (Å²) in [6, 6.07) is 0.803. The number of anilines is 1. The Kier molecular flexibility index (Phi) is 3.61. The molecule has 4 rings (SSSR count). The summed E-state index contributed by atoms with van der Waals surface area (Å²) >= 11 is 0. The molecule has 3 saturated heterocycles. The largest absolute Gasteiger partial charge is 0.449 e. The minimum absolute atomic E-state index is 0.163. The molecule has 0 unspecified atom stereocenters. The van der Waals surface area contributed by atoms with Crippen LogP contribution in [0.4, 0.5) is 10.8 Å². The van der Waals surface area contributed by atoms with Crippen LogP contribution >= 0.6 is 0 Å². The number of nitrogens with zero attached hydrogens (tertiary/aromatic N) is 4. The third-order valence-electron chi connectivity index (χ3n) is 4.76. The number of carbonyl (C=O) groups is 1. The molecule has 2 atom stereocenters. The Balaban J connectivity index is 1.36. The van der Waals surface area contributed by atoms with Gasteiger partial charge in [-0.2, -0.15) is 0 Å². The second-order valence-corrected chi connectivity index (χ2v) is 6.31. The molecular weight excluding hydrogens is 286 g/mol. The molecule has 8 nitrogen and oxygen atoms in total. The van der Waals surface area contributed by atoms with E-state index in [-0.39, 0.29) is 12.1 Å². The number of likely N-dealkylation sites (tertiary alicyclic amines) is 1. The summed E-state index contributed by atoms with van der Waals surface area (Å²) in [4.78, 5) is 15.7. The summed E-state index contributed by atoms with van der Waals surface area (Å²) in [5.41, 5.74) is 0. The molecule has 4 heterocycles. The minimum Gasteiger partial charge on any atom is -0.449 e. The molecule has 0 aromatic carbocycles. The van der Waals surface area contributed by atoms with Crippen molar-refractivity contribution in [3.63, 3.8) is 0 Å². The van der Waals surface area contributed by atoms with Crippen molar-refractivity contribution in [2.75, 3.05) is 37.7 Å². The number of aromatic nitrogens is 2. The molecule has 3 fully saturated rings. The van der Waals surface area contributed by atoms with Crippen LogP contribution in [-0.4, -0.2) is 60.0 Å². The van der Waals surface area contributed by atoms with E-state index in [0.717, 1.165) is 32.6 Å². The summed E-state index contributed by atoms with van der Waals surface area (Å²) in [6.07, 6.45) is 3.08. The first-order chi connectivity index (χ1) is 10.8. The first-order valence-corrected chi connectivity index (χ1v) is 8.01. The predicted octanol–water partition coefficient (Wildman–Crippen LogP) is 0.600. The molecule has 1 aromatic rings. The monoisotopic (exact) mass is 307 g/mol. The molecule has 3 aliphatic rings. The number of piperidine rings is 1. The number of ether oxygens (including phenoxy) is 1. The number of hydrogen-bond donors (Lipinski definition) is 1. The molecule has 0 aliphatic carbocycles. The first kappa shape index (κ1) is 13.8. The third kappa shape index (κ3) is 2.75. The summed E-state index contributed by atoms with van der Waals surface area (Å²) in [5, 5.41) is 11.2. The lowest BCUT2D eigenvalue weighted by Crippen LogP contribution is -2.57. The Morgan fingerprint density at radius 3 is 2.95 bits per heavy atom. The second kappa shape index (κ2) is 5.75. The van der Waals surface area contributed by atoms with Crippen LogP contribution in [0, 0.1) is 5.92 Å². The molecule has 120 valence electrons. The number of amides is 1.